The summed E-state index contributed by atoms with van der Waals surface area (Å²) in [5, 5.41) is 15.7. The van der Waals surface area contributed by atoms with Crippen molar-refractivity contribution in [3.8, 4) is 6.07 Å². The van der Waals surface area contributed by atoms with E-state index in [0.29, 0.717) is 10.7 Å². The number of carbonyl (C=O) groups is 2. The van der Waals surface area contributed by atoms with Crippen LogP contribution in [0.25, 0.3) is 0 Å². The molecule has 0 saturated heterocycles. The summed E-state index contributed by atoms with van der Waals surface area (Å²) < 4.78 is 14.2. The predicted molar refractivity (Wildman–Crippen MR) is 107 cm³/mol. The van der Waals surface area contributed by atoms with E-state index in [1.54, 1.807) is 42.5 Å². The maximum atomic E-state index is 14.2. The molecule has 0 spiro atoms. The lowest BCUT2D eigenvalue weighted by molar-refractivity contribution is -0.121. The first-order chi connectivity index (χ1) is 13.5. The van der Waals surface area contributed by atoms with Crippen molar-refractivity contribution in [2.75, 3.05) is 11.1 Å². The van der Waals surface area contributed by atoms with Gasteiger partial charge in [-0.3, -0.25) is 9.59 Å². The normalized spacial score (nSPS) is 16.3. The van der Waals surface area contributed by atoms with Crippen LogP contribution in [0.1, 0.15) is 17.9 Å². The number of anilines is 1. The number of halogens is 2. The van der Waals surface area contributed by atoms with E-state index in [1.165, 1.54) is 6.07 Å². The Hall–Kier alpha value is -2.82. The number of nitrogens with one attached hydrogen (secondary N) is 2. The number of carbonyl (C=O) groups excluding carboxylic acids is 2. The van der Waals surface area contributed by atoms with Crippen LogP contribution in [-0.2, 0) is 9.59 Å². The second-order valence-corrected chi connectivity index (χ2v) is 7.45. The van der Waals surface area contributed by atoms with Crippen LogP contribution < -0.4 is 10.6 Å². The first kappa shape index (κ1) is 19.9. The lowest BCUT2D eigenvalue weighted by atomic mass is 9.87. The van der Waals surface area contributed by atoms with Gasteiger partial charge in [-0.2, -0.15) is 5.26 Å². The smallest absolute Gasteiger partial charge is 0.234 e. The topological polar surface area (TPSA) is 82.0 Å². The molecule has 1 atom stereocenters. The SMILES string of the molecule is N#CC1=C(SCC(=O)Nc2cccc(Cl)c2)NC(=O)CC1c1ccccc1F. The summed E-state index contributed by atoms with van der Waals surface area (Å²) in [5.41, 5.74) is 1.07. The number of hydrogen-bond donors (Lipinski definition) is 2. The van der Waals surface area contributed by atoms with Crippen molar-refractivity contribution in [3.05, 3.63) is 75.5 Å². The fourth-order valence-corrected chi connectivity index (χ4v) is 3.92. The van der Waals surface area contributed by atoms with Crippen molar-refractivity contribution in [1.82, 2.24) is 5.32 Å². The van der Waals surface area contributed by atoms with Crippen LogP contribution in [0.4, 0.5) is 10.1 Å². The maximum absolute atomic E-state index is 14.2. The van der Waals surface area contributed by atoms with E-state index in [1.807, 2.05) is 0 Å². The van der Waals surface area contributed by atoms with Crippen LogP contribution in [0.5, 0.6) is 0 Å². The molecule has 5 nitrogen and oxygen atoms in total. The fourth-order valence-electron chi connectivity index (χ4n) is 2.86. The van der Waals surface area contributed by atoms with Gasteiger partial charge >= 0.3 is 0 Å². The molecule has 142 valence electrons. The van der Waals surface area contributed by atoms with Gasteiger partial charge in [-0.1, -0.05) is 47.6 Å². The molecule has 1 aliphatic heterocycles. The van der Waals surface area contributed by atoms with Crippen LogP contribution >= 0.6 is 23.4 Å². The van der Waals surface area contributed by atoms with Gasteiger partial charge in [-0.05, 0) is 29.8 Å². The third-order valence-corrected chi connectivity index (χ3v) is 5.34. The van der Waals surface area contributed by atoms with E-state index >= 15 is 0 Å². The molecule has 1 heterocycles. The number of thioether (sulfide) groups is 1. The standard InChI is InChI=1S/C20H15ClFN3O2S/c21-12-4-3-5-13(8-12)24-19(27)11-28-20-16(10-23)15(9-18(26)25-20)14-6-1-2-7-17(14)22/h1-8,15H,9,11H2,(H,24,27)(H,25,26). The van der Waals surface area contributed by atoms with E-state index in [9.17, 15) is 19.2 Å². The summed E-state index contributed by atoms with van der Waals surface area (Å²) >= 11 is 6.92. The molecule has 1 unspecified atom stereocenters. The minimum absolute atomic E-state index is 0.0252. The Balaban J connectivity index is 1.77. The zero-order valence-corrected chi connectivity index (χ0v) is 16.1. The summed E-state index contributed by atoms with van der Waals surface area (Å²) in [6, 6.07) is 14.8. The highest BCUT2D eigenvalue weighted by Gasteiger charge is 2.31. The highest BCUT2D eigenvalue weighted by atomic mass is 35.5. The van der Waals surface area contributed by atoms with Gasteiger partial charge in [0.15, 0.2) is 0 Å². The second kappa shape index (κ2) is 8.91. The van der Waals surface area contributed by atoms with Crippen LogP contribution in [0.15, 0.2) is 59.1 Å². The Kier molecular flexibility index (Phi) is 6.34. The molecule has 28 heavy (non-hydrogen) atoms. The first-order valence-electron chi connectivity index (χ1n) is 8.34. The summed E-state index contributed by atoms with van der Waals surface area (Å²) in [5.74, 6) is -1.84. The molecule has 0 fully saturated rings. The molecule has 0 aliphatic carbocycles. The number of nitrogens with zero attached hydrogens (tertiary/aromatic N) is 1. The zero-order chi connectivity index (χ0) is 20.1. The lowest BCUT2D eigenvalue weighted by Crippen LogP contribution is -2.31. The third-order valence-electron chi connectivity index (χ3n) is 4.09. The largest absolute Gasteiger partial charge is 0.325 e. The van der Waals surface area contributed by atoms with Crippen molar-refractivity contribution in [2.24, 2.45) is 0 Å². The van der Waals surface area contributed by atoms with Crippen molar-refractivity contribution in [3.63, 3.8) is 0 Å². The Bertz CT molecular complexity index is 1000. The van der Waals surface area contributed by atoms with E-state index in [-0.39, 0.29) is 40.2 Å². The lowest BCUT2D eigenvalue weighted by Gasteiger charge is -2.25. The summed E-state index contributed by atoms with van der Waals surface area (Å²) in [7, 11) is 0. The van der Waals surface area contributed by atoms with Gasteiger partial charge in [-0.15, -0.1) is 0 Å². The molecule has 0 saturated carbocycles. The number of hydrogen-bond acceptors (Lipinski definition) is 4. The second-order valence-electron chi connectivity index (χ2n) is 6.03. The summed E-state index contributed by atoms with van der Waals surface area (Å²) in [6.07, 6.45) is -0.0252. The molecule has 3 rings (SSSR count). The molecule has 8 heteroatoms. The van der Waals surface area contributed by atoms with E-state index in [2.05, 4.69) is 16.7 Å². The number of nitriles is 1. The Labute approximate surface area is 170 Å². The molecule has 1 aliphatic rings. The van der Waals surface area contributed by atoms with Crippen LogP contribution in [0.3, 0.4) is 0 Å². The van der Waals surface area contributed by atoms with Crippen molar-refractivity contribution >= 4 is 40.9 Å². The van der Waals surface area contributed by atoms with E-state index < -0.39 is 11.7 Å². The molecule has 2 N–H and O–H groups in total. The van der Waals surface area contributed by atoms with E-state index in [0.717, 1.165) is 11.8 Å². The average Bonchev–Trinajstić information content (AvgIpc) is 2.66. The summed E-state index contributed by atoms with van der Waals surface area (Å²) in [4.78, 5) is 24.3. The van der Waals surface area contributed by atoms with Gasteiger partial charge in [0.2, 0.25) is 11.8 Å². The Morgan fingerprint density at radius 2 is 2.11 bits per heavy atom. The predicted octanol–water partition coefficient (Wildman–Crippen LogP) is 4.19. The number of rotatable bonds is 5. The molecule has 0 bridgehead atoms. The quantitative estimate of drug-likeness (QED) is 0.767. The molecule has 2 amide bonds. The molecule has 0 radical (unpaired) electrons. The third kappa shape index (κ3) is 4.71. The molecule has 2 aromatic carbocycles. The highest BCUT2D eigenvalue weighted by Crippen LogP contribution is 2.36. The van der Waals surface area contributed by atoms with Crippen molar-refractivity contribution < 1.29 is 14.0 Å². The fraction of sp³-hybridized carbons (Fsp3) is 0.150. The maximum Gasteiger partial charge on any atom is 0.234 e. The molecular weight excluding hydrogens is 401 g/mol. The molecule has 0 aromatic heterocycles. The first-order valence-corrected chi connectivity index (χ1v) is 9.71. The zero-order valence-electron chi connectivity index (χ0n) is 14.5. The van der Waals surface area contributed by atoms with Gasteiger partial charge < -0.3 is 10.6 Å². The van der Waals surface area contributed by atoms with E-state index in [4.69, 9.17) is 11.6 Å². The minimum atomic E-state index is -0.682. The van der Waals surface area contributed by atoms with Crippen molar-refractivity contribution in [2.45, 2.75) is 12.3 Å². The van der Waals surface area contributed by atoms with Gasteiger partial charge in [-0.25, -0.2) is 4.39 Å². The average molecular weight is 416 g/mol. The van der Waals surface area contributed by atoms with Gasteiger partial charge in [0.05, 0.1) is 22.4 Å². The number of benzene rings is 2. The van der Waals surface area contributed by atoms with Crippen molar-refractivity contribution in [1.29, 1.82) is 5.26 Å². The molecular formula is C20H15ClFN3O2S. The van der Waals surface area contributed by atoms with Crippen LogP contribution in [-0.4, -0.2) is 17.6 Å². The number of amides is 2. The highest BCUT2D eigenvalue weighted by molar-refractivity contribution is 8.03. The Morgan fingerprint density at radius 3 is 2.82 bits per heavy atom. The Morgan fingerprint density at radius 1 is 1.32 bits per heavy atom. The summed E-state index contributed by atoms with van der Waals surface area (Å²) in [6.45, 7) is 0. The monoisotopic (exact) mass is 415 g/mol. The van der Waals surface area contributed by atoms with Gasteiger partial charge in [0.1, 0.15) is 5.82 Å². The minimum Gasteiger partial charge on any atom is -0.325 e. The van der Waals surface area contributed by atoms with Gasteiger partial charge in [0.25, 0.3) is 0 Å². The molecule has 2 aromatic rings. The van der Waals surface area contributed by atoms with Crippen LogP contribution in [0, 0.1) is 17.1 Å². The van der Waals surface area contributed by atoms with Crippen LogP contribution in [0.2, 0.25) is 5.02 Å². The van der Waals surface area contributed by atoms with Gasteiger partial charge in [0, 0.05) is 23.0 Å². The number of allylic oxidation sites excluding steroid dienone is 1.